The van der Waals surface area contributed by atoms with Gasteiger partial charge in [-0.15, -0.1) is 0 Å². The maximum absolute atomic E-state index is 13.0. The number of ether oxygens (including phenoxy) is 1. The number of carbonyl (C=O) groups is 2. The second-order valence-corrected chi connectivity index (χ2v) is 7.10. The number of fused-ring (bicyclic) bond motifs is 1. The van der Waals surface area contributed by atoms with Crippen LogP contribution in [0.15, 0.2) is 36.4 Å². The summed E-state index contributed by atoms with van der Waals surface area (Å²) in [5.74, 6) is 0.560. The predicted molar refractivity (Wildman–Crippen MR) is 106 cm³/mol. The molecule has 2 aromatic carbocycles. The first-order valence-corrected chi connectivity index (χ1v) is 9.26. The van der Waals surface area contributed by atoms with Crippen LogP contribution in [0.3, 0.4) is 0 Å². The van der Waals surface area contributed by atoms with Gasteiger partial charge in [0.05, 0.1) is 12.3 Å². The van der Waals surface area contributed by atoms with Crippen LogP contribution >= 0.6 is 0 Å². The number of nitrogens with one attached hydrogen (secondary N) is 1. The van der Waals surface area contributed by atoms with Crippen molar-refractivity contribution in [2.75, 3.05) is 18.1 Å². The lowest BCUT2D eigenvalue weighted by Gasteiger charge is -2.20. The minimum absolute atomic E-state index is 0.0758. The van der Waals surface area contributed by atoms with E-state index in [0.29, 0.717) is 19.6 Å². The van der Waals surface area contributed by atoms with Gasteiger partial charge in [0.25, 0.3) is 5.91 Å². The Morgan fingerprint density at radius 3 is 2.59 bits per heavy atom. The quantitative estimate of drug-likeness (QED) is 0.795. The van der Waals surface area contributed by atoms with Crippen molar-refractivity contribution in [1.82, 2.24) is 5.32 Å². The number of hydrogen-bond acceptors (Lipinski definition) is 3. The second-order valence-electron chi connectivity index (χ2n) is 7.10. The summed E-state index contributed by atoms with van der Waals surface area (Å²) in [6, 6.07) is 11.3. The topological polar surface area (TPSA) is 58.6 Å². The maximum Gasteiger partial charge on any atom is 0.254 e. The van der Waals surface area contributed by atoms with E-state index in [1.165, 1.54) is 6.92 Å². The van der Waals surface area contributed by atoms with Crippen molar-refractivity contribution < 1.29 is 14.3 Å². The SMILES string of the molecule is CC(=O)N[C@@H]1C(=O)N(CCCOc2cccc(C)c2)c2c(C)ccc(C)c21. The van der Waals surface area contributed by atoms with Crippen molar-refractivity contribution in [2.24, 2.45) is 0 Å². The summed E-state index contributed by atoms with van der Waals surface area (Å²) < 4.78 is 5.81. The first kappa shape index (κ1) is 19.0. The monoisotopic (exact) mass is 366 g/mol. The van der Waals surface area contributed by atoms with Crippen LogP contribution in [0.1, 0.15) is 41.6 Å². The number of rotatable bonds is 6. The van der Waals surface area contributed by atoms with Crippen LogP contribution in [0.4, 0.5) is 5.69 Å². The summed E-state index contributed by atoms with van der Waals surface area (Å²) in [5, 5.41) is 2.81. The van der Waals surface area contributed by atoms with Crippen LogP contribution in [0.2, 0.25) is 0 Å². The number of amides is 2. The van der Waals surface area contributed by atoms with Gasteiger partial charge in [0, 0.05) is 19.0 Å². The number of aryl methyl sites for hydroxylation is 3. The fourth-order valence-corrected chi connectivity index (χ4v) is 3.61. The number of hydrogen-bond donors (Lipinski definition) is 1. The summed E-state index contributed by atoms with van der Waals surface area (Å²) in [4.78, 5) is 26.4. The molecule has 1 heterocycles. The molecule has 0 aromatic heterocycles. The van der Waals surface area contributed by atoms with Gasteiger partial charge in [-0.1, -0.05) is 24.3 Å². The molecule has 142 valence electrons. The zero-order valence-corrected chi connectivity index (χ0v) is 16.3. The Morgan fingerprint density at radius 1 is 1.15 bits per heavy atom. The van der Waals surface area contributed by atoms with Gasteiger partial charge < -0.3 is 15.0 Å². The van der Waals surface area contributed by atoms with E-state index in [1.54, 1.807) is 4.90 Å². The van der Waals surface area contributed by atoms with Gasteiger partial charge >= 0.3 is 0 Å². The fourth-order valence-electron chi connectivity index (χ4n) is 3.61. The van der Waals surface area contributed by atoms with Gasteiger partial charge in [-0.25, -0.2) is 0 Å². The maximum atomic E-state index is 13.0. The molecule has 0 saturated carbocycles. The molecular formula is C22H26N2O3. The molecule has 1 atom stereocenters. The third-order valence-electron chi connectivity index (χ3n) is 4.84. The van der Waals surface area contributed by atoms with Gasteiger partial charge in [0.1, 0.15) is 11.8 Å². The van der Waals surface area contributed by atoms with E-state index in [2.05, 4.69) is 5.32 Å². The van der Waals surface area contributed by atoms with E-state index >= 15 is 0 Å². The molecule has 1 aliphatic heterocycles. The van der Waals surface area contributed by atoms with E-state index in [0.717, 1.165) is 33.7 Å². The number of carbonyl (C=O) groups excluding carboxylic acids is 2. The molecular weight excluding hydrogens is 340 g/mol. The predicted octanol–water partition coefficient (Wildman–Crippen LogP) is 3.60. The average molecular weight is 366 g/mol. The van der Waals surface area contributed by atoms with E-state index in [9.17, 15) is 9.59 Å². The Bertz CT molecular complexity index is 876. The standard InChI is InChI=1S/C22H26N2O3/c1-14-7-5-8-18(13-14)27-12-6-11-24-21-16(3)10-9-15(2)19(21)20(22(24)26)23-17(4)25/h5,7-10,13,20H,6,11-12H2,1-4H3,(H,23,25)/t20-/m0/s1. The molecule has 0 unspecified atom stereocenters. The zero-order chi connectivity index (χ0) is 19.6. The fraction of sp³-hybridized carbons (Fsp3) is 0.364. The van der Waals surface area contributed by atoms with Crippen LogP contribution in [0.5, 0.6) is 5.75 Å². The van der Waals surface area contributed by atoms with Gasteiger partial charge in [-0.3, -0.25) is 9.59 Å². The molecule has 5 heteroatoms. The molecule has 3 rings (SSSR count). The largest absolute Gasteiger partial charge is 0.494 e. The van der Waals surface area contributed by atoms with Crippen LogP contribution < -0.4 is 15.0 Å². The van der Waals surface area contributed by atoms with Crippen molar-refractivity contribution >= 4 is 17.5 Å². The number of benzene rings is 2. The highest BCUT2D eigenvalue weighted by atomic mass is 16.5. The number of nitrogens with zero attached hydrogens (tertiary/aromatic N) is 1. The first-order valence-electron chi connectivity index (χ1n) is 9.26. The Hall–Kier alpha value is -2.82. The molecule has 1 aliphatic rings. The van der Waals surface area contributed by atoms with Crippen molar-refractivity contribution in [3.8, 4) is 5.75 Å². The first-order chi connectivity index (χ1) is 12.9. The van der Waals surface area contributed by atoms with Crippen LogP contribution in [-0.2, 0) is 9.59 Å². The Balaban J connectivity index is 1.73. The lowest BCUT2D eigenvalue weighted by atomic mass is 9.99. The van der Waals surface area contributed by atoms with Gasteiger partial charge in [-0.05, 0) is 56.0 Å². The third-order valence-corrected chi connectivity index (χ3v) is 4.84. The Morgan fingerprint density at radius 2 is 1.89 bits per heavy atom. The third kappa shape index (κ3) is 3.97. The molecule has 0 saturated heterocycles. The molecule has 0 fully saturated rings. The highest BCUT2D eigenvalue weighted by Gasteiger charge is 2.39. The van der Waals surface area contributed by atoms with Crippen LogP contribution in [0, 0.1) is 20.8 Å². The molecule has 0 bridgehead atoms. The van der Waals surface area contributed by atoms with E-state index in [-0.39, 0.29) is 11.8 Å². The van der Waals surface area contributed by atoms with Crippen molar-refractivity contribution in [3.63, 3.8) is 0 Å². The summed E-state index contributed by atoms with van der Waals surface area (Å²) in [6.07, 6.45) is 0.708. The van der Waals surface area contributed by atoms with E-state index < -0.39 is 6.04 Å². The molecule has 27 heavy (non-hydrogen) atoms. The second kappa shape index (κ2) is 7.82. The summed E-state index contributed by atoms with van der Waals surface area (Å²) >= 11 is 0. The molecule has 0 spiro atoms. The van der Waals surface area contributed by atoms with Crippen molar-refractivity contribution in [2.45, 2.75) is 40.2 Å². The average Bonchev–Trinajstić information content (AvgIpc) is 2.88. The van der Waals surface area contributed by atoms with Crippen molar-refractivity contribution in [3.05, 3.63) is 58.7 Å². The molecule has 1 N–H and O–H groups in total. The normalized spacial score (nSPS) is 15.6. The Labute approximate surface area is 160 Å². The minimum Gasteiger partial charge on any atom is -0.494 e. The summed E-state index contributed by atoms with van der Waals surface area (Å²) in [5.41, 5.74) is 5.04. The van der Waals surface area contributed by atoms with Gasteiger partial charge in [-0.2, -0.15) is 0 Å². The van der Waals surface area contributed by atoms with E-state index in [4.69, 9.17) is 4.74 Å². The molecule has 5 nitrogen and oxygen atoms in total. The van der Waals surface area contributed by atoms with Gasteiger partial charge in [0.2, 0.25) is 5.91 Å². The molecule has 0 aliphatic carbocycles. The minimum atomic E-state index is -0.602. The molecule has 0 radical (unpaired) electrons. The van der Waals surface area contributed by atoms with Crippen molar-refractivity contribution in [1.29, 1.82) is 0 Å². The highest BCUT2D eigenvalue weighted by Crippen LogP contribution is 2.40. The highest BCUT2D eigenvalue weighted by molar-refractivity contribution is 6.07. The van der Waals surface area contributed by atoms with E-state index in [1.807, 2.05) is 57.2 Å². The zero-order valence-electron chi connectivity index (χ0n) is 16.3. The number of anilines is 1. The molecule has 2 aromatic rings. The smallest absolute Gasteiger partial charge is 0.254 e. The summed E-state index contributed by atoms with van der Waals surface area (Å²) in [7, 11) is 0. The summed E-state index contributed by atoms with van der Waals surface area (Å²) in [6.45, 7) is 8.52. The lowest BCUT2D eigenvalue weighted by Crippen LogP contribution is -2.37. The van der Waals surface area contributed by atoms with Crippen LogP contribution in [0.25, 0.3) is 0 Å². The van der Waals surface area contributed by atoms with Gasteiger partial charge in [0.15, 0.2) is 0 Å². The molecule has 2 amide bonds. The van der Waals surface area contributed by atoms with Crippen LogP contribution in [-0.4, -0.2) is 25.0 Å². The lowest BCUT2D eigenvalue weighted by molar-refractivity contribution is -0.126. The Kier molecular flexibility index (Phi) is 5.49.